The van der Waals surface area contributed by atoms with Gasteiger partial charge in [-0.2, -0.15) is 0 Å². The number of fused-ring (bicyclic) bond motifs is 1. The fraction of sp³-hybridized carbons (Fsp3) is 0.500. The maximum atomic E-state index is 12.0. The van der Waals surface area contributed by atoms with E-state index in [0.717, 1.165) is 11.4 Å². The highest BCUT2D eigenvalue weighted by Gasteiger charge is 2.25. The molecule has 1 amide bonds. The predicted octanol–water partition coefficient (Wildman–Crippen LogP) is 1.54. The van der Waals surface area contributed by atoms with Crippen LogP contribution in [0.1, 0.15) is 19.8 Å². The van der Waals surface area contributed by atoms with Crippen molar-refractivity contribution in [3.63, 3.8) is 0 Å². The van der Waals surface area contributed by atoms with Gasteiger partial charge >= 0.3 is 0 Å². The lowest BCUT2D eigenvalue weighted by molar-refractivity contribution is -0.117. The Bertz CT molecular complexity index is 486. The van der Waals surface area contributed by atoms with Crippen molar-refractivity contribution in [1.82, 2.24) is 5.32 Å². The Kier molecular flexibility index (Phi) is 3.29. The van der Waals surface area contributed by atoms with Crippen LogP contribution in [0.15, 0.2) is 18.2 Å². The summed E-state index contributed by atoms with van der Waals surface area (Å²) in [4.78, 5) is 12.0. The minimum atomic E-state index is -0.180. The molecule has 1 aromatic carbocycles. The van der Waals surface area contributed by atoms with Gasteiger partial charge in [-0.3, -0.25) is 4.79 Å². The number of carbonyl (C=O) groups excluding carboxylic acids is 1. The van der Waals surface area contributed by atoms with Crippen molar-refractivity contribution in [2.45, 2.75) is 31.8 Å². The molecule has 1 unspecified atom stereocenters. The number of rotatable bonds is 4. The number of nitrogens with one attached hydrogen (secondary N) is 2. The van der Waals surface area contributed by atoms with Gasteiger partial charge < -0.3 is 20.1 Å². The van der Waals surface area contributed by atoms with E-state index in [1.54, 1.807) is 6.07 Å². The van der Waals surface area contributed by atoms with Crippen LogP contribution in [0.2, 0.25) is 0 Å². The molecule has 0 spiro atoms. The summed E-state index contributed by atoms with van der Waals surface area (Å²) in [6.45, 7) is 3.00. The summed E-state index contributed by atoms with van der Waals surface area (Å²) in [6, 6.07) is 5.79. The van der Waals surface area contributed by atoms with Crippen LogP contribution in [-0.4, -0.2) is 31.2 Å². The van der Waals surface area contributed by atoms with Crippen LogP contribution in [0.3, 0.4) is 0 Å². The molecule has 1 aliphatic carbocycles. The van der Waals surface area contributed by atoms with E-state index < -0.39 is 0 Å². The molecule has 3 rings (SSSR count). The molecular weight excluding hydrogens is 244 g/mol. The summed E-state index contributed by atoms with van der Waals surface area (Å²) in [7, 11) is 0. The van der Waals surface area contributed by atoms with Gasteiger partial charge in [0.25, 0.3) is 0 Å². The highest BCUT2D eigenvalue weighted by atomic mass is 16.6. The van der Waals surface area contributed by atoms with Gasteiger partial charge in [0.2, 0.25) is 5.91 Å². The second-order valence-electron chi connectivity index (χ2n) is 5.01. The molecule has 1 aromatic rings. The van der Waals surface area contributed by atoms with Gasteiger partial charge in [-0.25, -0.2) is 0 Å². The SMILES string of the molecule is CC(NC1CC1)C(=O)Nc1ccc2c(c1)OCCO2. The number of amides is 1. The predicted molar refractivity (Wildman–Crippen MR) is 71.7 cm³/mol. The summed E-state index contributed by atoms with van der Waals surface area (Å²) in [5, 5.41) is 6.16. The first-order valence-corrected chi connectivity index (χ1v) is 6.69. The fourth-order valence-electron chi connectivity index (χ4n) is 2.05. The Morgan fingerprint density at radius 1 is 1.26 bits per heavy atom. The molecule has 2 aliphatic rings. The van der Waals surface area contributed by atoms with Crippen molar-refractivity contribution in [2.75, 3.05) is 18.5 Å². The van der Waals surface area contributed by atoms with Crippen molar-refractivity contribution in [3.8, 4) is 11.5 Å². The van der Waals surface area contributed by atoms with Crippen LogP contribution in [0.4, 0.5) is 5.69 Å². The number of carbonyl (C=O) groups is 1. The summed E-state index contributed by atoms with van der Waals surface area (Å²) >= 11 is 0. The minimum absolute atomic E-state index is 0.0245. The summed E-state index contributed by atoms with van der Waals surface area (Å²) in [5.41, 5.74) is 0.735. The summed E-state index contributed by atoms with van der Waals surface area (Å²) in [5.74, 6) is 1.39. The molecule has 5 heteroatoms. The molecule has 1 heterocycles. The van der Waals surface area contributed by atoms with Gasteiger partial charge in [-0.05, 0) is 31.9 Å². The zero-order chi connectivity index (χ0) is 13.2. The maximum Gasteiger partial charge on any atom is 0.241 e. The van der Waals surface area contributed by atoms with Gasteiger partial charge in [-0.15, -0.1) is 0 Å². The topological polar surface area (TPSA) is 59.6 Å². The molecule has 19 heavy (non-hydrogen) atoms. The highest BCUT2D eigenvalue weighted by molar-refractivity contribution is 5.94. The van der Waals surface area contributed by atoms with E-state index in [9.17, 15) is 4.79 Å². The van der Waals surface area contributed by atoms with E-state index in [1.807, 2.05) is 19.1 Å². The molecule has 1 fully saturated rings. The van der Waals surface area contributed by atoms with Gasteiger partial charge in [0.1, 0.15) is 13.2 Å². The third-order valence-corrected chi connectivity index (χ3v) is 3.27. The van der Waals surface area contributed by atoms with Crippen molar-refractivity contribution in [1.29, 1.82) is 0 Å². The van der Waals surface area contributed by atoms with Gasteiger partial charge in [0.15, 0.2) is 11.5 Å². The Morgan fingerprint density at radius 3 is 2.74 bits per heavy atom. The molecule has 0 saturated heterocycles. The van der Waals surface area contributed by atoms with Gasteiger partial charge in [0.05, 0.1) is 6.04 Å². The molecule has 0 aromatic heterocycles. The normalized spacial score (nSPS) is 18.8. The lowest BCUT2D eigenvalue weighted by Gasteiger charge is -2.19. The first kappa shape index (κ1) is 12.3. The van der Waals surface area contributed by atoms with Crippen molar-refractivity contribution in [3.05, 3.63) is 18.2 Å². The lowest BCUT2D eigenvalue weighted by atomic mass is 10.2. The van der Waals surface area contributed by atoms with E-state index in [0.29, 0.717) is 25.0 Å². The van der Waals surface area contributed by atoms with Crippen LogP contribution >= 0.6 is 0 Å². The van der Waals surface area contributed by atoms with Crippen molar-refractivity contribution in [2.24, 2.45) is 0 Å². The monoisotopic (exact) mass is 262 g/mol. The first-order chi connectivity index (χ1) is 9.22. The standard InChI is InChI=1S/C14H18N2O3/c1-9(15-10-2-3-10)14(17)16-11-4-5-12-13(8-11)19-7-6-18-12/h4-5,8-10,15H,2-3,6-7H2,1H3,(H,16,17). The zero-order valence-corrected chi connectivity index (χ0v) is 10.9. The quantitative estimate of drug-likeness (QED) is 0.864. The zero-order valence-electron chi connectivity index (χ0n) is 10.9. The second kappa shape index (κ2) is 5.09. The third kappa shape index (κ3) is 2.98. The van der Waals surface area contributed by atoms with E-state index in [1.165, 1.54) is 12.8 Å². The molecule has 1 saturated carbocycles. The van der Waals surface area contributed by atoms with E-state index in [2.05, 4.69) is 10.6 Å². The van der Waals surface area contributed by atoms with E-state index in [-0.39, 0.29) is 11.9 Å². The highest BCUT2D eigenvalue weighted by Crippen LogP contribution is 2.32. The Hall–Kier alpha value is -1.75. The molecule has 0 radical (unpaired) electrons. The van der Waals surface area contributed by atoms with Crippen LogP contribution in [-0.2, 0) is 4.79 Å². The Labute approximate surface area is 112 Å². The third-order valence-electron chi connectivity index (χ3n) is 3.27. The average Bonchev–Trinajstić information content (AvgIpc) is 3.22. The Morgan fingerprint density at radius 2 is 2.00 bits per heavy atom. The van der Waals surface area contributed by atoms with E-state index in [4.69, 9.17) is 9.47 Å². The Balaban J connectivity index is 1.63. The smallest absolute Gasteiger partial charge is 0.241 e. The number of ether oxygens (including phenoxy) is 2. The average molecular weight is 262 g/mol. The number of benzene rings is 1. The first-order valence-electron chi connectivity index (χ1n) is 6.69. The number of hydrogen-bond donors (Lipinski definition) is 2. The summed E-state index contributed by atoms with van der Waals surface area (Å²) in [6.07, 6.45) is 2.34. The molecule has 102 valence electrons. The van der Waals surface area contributed by atoms with Gasteiger partial charge in [-0.1, -0.05) is 0 Å². The van der Waals surface area contributed by atoms with Crippen LogP contribution < -0.4 is 20.1 Å². The number of anilines is 1. The largest absolute Gasteiger partial charge is 0.486 e. The number of hydrogen-bond acceptors (Lipinski definition) is 4. The van der Waals surface area contributed by atoms with Gasteiger partial charge in [0, 0.05) is 17.8 Å². The molecule has 1 atom stereocenters. The molecular formula is C14H18N2O3. The van der Waals surface area contributed by atoms with E-state index >= 15 is 0 Å². The lowest BCUT2D eigenvalue weighted by Crippen LogP contribution is -2.39. The molecule has 2 N–H and O–H groups in total. The van der Waals surface area contributed by atoms with Crippen LogP contribution in [0.5, 0.6) is 11.5 Å². The summed E-state index contributed by atoms with van der Waals surface area (Å²) < 4.78 is 10.9. The second-order valence-corrected chi connectivity index (χ2v) is 5.01. The molecule has 0 bridgehead atoms. The maximum absolute atomic E-state index is 12.0. The fourth-order valence-corrected chi connectivity index (χ4v) is 2.05. The van der Waals surface area contributed by atoms with Crippen molar-refractivity contribution >= 4 is 11.6 Å². The van der Waals surface area contributed by atoms with Crippen molar-refractivity contribution < 1.29 is 14.3 Å². The van der Waals surface area contributed by atoms with Crippen LogP contribution in [0.25, 0.3) is 0 Å². The minimum Gasteiger partial charge on any atom is -0.486 e. The molecule has 1 aliphatic heterocycles. The van der Waals surface area contributed by atoms with Crippen LogP contribution in [0, 0.1) is 0 Å². The molecule has 5 nitrogen and oxygen atoms in total.